The van der Waals surface area contributed by atoms with Gasteiger partial charge < -0.3 is 10.6 Å². The molecule has 5 nitrogen and oxygen atoms in total. The molecule has 0 saturated carbocycles. The van der Waals surface area contributed by atoms with E-state index in [1.807, 2.05) is 6.92 Å². The Hall–Kier alpha value is -3.39. The lowest BCUT2D eigenvalue weighted by molar-refractivity contribution is -0.137. The SMILES string of the molecule is Cc1ccc(NC(=O)c2cc(NC(=O)c3cccc(C(F)(F)F)c3)ccc2Cl)c(C)n1. The molecular weight excluding hydrogens is 431 g/mol. The number of amides is 2. The Kier molecular flexibility index (Phi) is 6.31. The number of benzene rings is 2. The lowest BCUT2D eigenvalue weighted by Crippen LogP contribution is -2.16. The first-order valence-electron chi connectivity index (χ1n) is 9.08. The topological polar surface area (TPSA) is 71.1 Å². The molecule has 0 aliphatic rings. The molecule has 31 heavy (non-hydrogen) atoms. The number of halogens is 4. The van der Waals surface area contributed by atoms with E-state index in [9.17, 15) is 22.8 Å². The molecule has 0 aliphatic carbocycles. The first kappa shape index (κ1) is 22.3. The van der Waals surface area contributed by atoms with Crippen molar-refractivity contribution in [2.75, 3.05) is 10.6 Å². The summed E-state index contributed by atoms with van der Waals surface area (Å²) in [5, 5.41) is 5.34. The number of anilines is 2. The number of aromatic nitrogens is 1. The van der Waals surface area contributed by atoms with Crippen LogP contribution in [-0.2, 0) is 6.18 Å². The fourth-order valence-electron chi connectivity index (χ4n) is 2.83. The minimum Gasteiger partial charge on any atom is -0.322 e. The molecule has 3 aromatic rings. The minimum atomic E-state index is -4.56. The van der Waals surface area contributed by atoms with Gasteiger partial charge in [0.05, 0.1) is 27.5 Å². The zero-order chi connectivity index (χ0) is 22.8. The molecule has 1 heterocycles. The number of alkyl halides is 3. The summed E-state index contributed by atoms with van der Waals surface area (Å²) in [6.45, 7) is 3.57. The molecule has 1 aromatic heterocycles. The van der Waals surface area contributed by atoms with Crippen LogP contribution < -0.4 is 10.6 Å². The summed E-state index contributed by atoms with van der Waals surface area (Å²) in [7, 11) is 0. The predicted octanol–water partition coefficient (Wildman–Crippen LogP) is 5.88. The van der Waals surface area contributed by atoms with Gasteiger partial charge in [-0.15, -0.1) is 0 Å². The first-order chi connectivity index (χ1) is 14.5. The Bertz CT molecular complexity index is 1160. The quantitative estimate of drug-likeness (QED) is 0.525. The standard InChI is InChI=1S/C22H17ClF3N3O2/c1-12-6-9-19(13(2)27-12)29-21(31)17-11-16(7-8-18(17)23)28-20(30)14-4-3-5-15(10-14)22(24,25)26/h3-11H,1-2H3,(H,28,30)(H,29,31). The Morgan fingerprint density at radius 3 is 2.35 bits per heavy atom. The van der Waals surface area contributed by atoms with E-state index < -0.39 is 23.6 Å². The highest BCUT2D eigenvalue weighted by molar-refractivity contribution is 6.34. The van der Waals surface area contributed by atoms with Gasteiger partial charge in [-0.2, -0.15) is 13.2 Å². The molecule has 0 spiro atoms. The number of hydrogen-bond donors (Lipinski definition) is 2. The third-order valence-electron chi connectivity index (χ3n) is 4.39. The van der Waals surface area contributed by atoms with Gasteiger partial charge >= 0.3 is 6.18 Å². The molecule has 0 bridgehead atoms. The molecule has 3 rings (SSSR count). The average Bonchev–Trinajstić information content (AvgIpc) is 2.71. The van der Waals surface area contributed by atoms with E-state index in [1.54, 1.807) is 19.1 Å². The second kappa shape index (κ2) is 8.77. The largest absolute Gasteiger partial charge is 0.416 e. The fraction of sp³-hybridized carbons (Fsp3) is 0.136. The molecule has 160 valence electrons. The summed E-state index contributed by atoms with van der Waals surface area (Å²) in [4.78, 5) is 29.4. The molecule has 2 aromatic carbocycles. The normalized spacial score (nSPS) is 11.2. The van der Waals surface area contributed by atoms with Crippen molar-refractivity contribution in [3.63, 3.8) is 0 Å². The van der Waals surface area contributed by atoms with Crippen LogP contribution in [0.3, 0.4) is 0 Å². The van der Waals surface area contributed by atoms with E-state index in [0.29, 0.717) is 11.4 Å². The lowest BCUT2D eigenvalue weighted by atomic mass is 10.1. The van der Waals surface area contributed by atoms with Gasteiger partial charge in [-0.3, -0.25) is 14.6 Å². The molecule has 2 N–H and O–H groups in total. The van der Waals surface area contributed by atoms with Gasteiger partial charge in [0.2, 0.25) is 0 Å². The van der Waals surface area contributed by atoms with Crippen molar-refractivity contribution >= 4 is 34.8 Å². The highest BCUT2D eigenvalue weighted by Crippen LogP contribution is 2.30. The Morgan fingerprint density at radius 1 is 0.935 bits per heavy atom. The van der Waals surface area contributed by atoms with Crippen LogP contribution in [0.1, 0.15) is 37.7 Å². The summed E-state index contributed by atoms with van der Waals surface area (Å²) in [5.41, 5.74) is 1.12. The summed E-state index contributed by atoms with van der Waals surface area (Å²) in [6.07, 6.45) is -4.56. The summed E-state index contributed by atoms with van der Waals surface area (Å²) in [6, 6.07) is 11.7. The number of rotatable bonds is 4. The number of nitrogens with one attached hydrogen (secondary N) is 2. The second-order valence-electron chi connectivity index (χ2n) is 6.77. The van der Waals surface area contributed by atoms with Crippen molar-refractivity contribution < 1.29 is 22.8 Å². The Labute approximate surface area is 181 Å². The maximum absolute atomic E-state index is 12.9. The van der Waals surface area contributed by atoms with Crippen LogP contribution in [0.2, 0.25) is 5.02 Å². The summed E-state index contributed by atoms with van der Waals surface area (Å²) in [5.74, 6) is -1.27. The molecule has 9 heteroatoms. The third kappa shape index (κ3) is 5.40. The fourth-order valence-corrected chi connectivity index (χ4v) is 3.03. The van der Waals surface area contributed by atoms with Crippen molar-refractivity contribution in [3.05, 3.63) is 87.7 Å². The first-order valence-corrected chi connectivity index (χ1v) is 9.46. The zero-order valence-corrected chi connectivity index (χ0v) is 17.2. The summed E-state index contributed by atoms with van der Waals surface area (Å²) >= 11 is 6.13. The highest BCUT2D eigenvalue weighted by atomic mass is 35.5. The second-order valence-corrected chi connectivity index (χ2v) is 7.17. The van der Waals surface area contributed by atoms with E-state index in [-0.39, 0.29) is 21.8 Å². The Balaban J connectivity index is 1.81. The lowest BCUT2D eigenvalue weighted by Gasteiger charge is -2.12. The van der Waals surface area contributed by atoms with E-state index in [4.69, 9.17) is 11.6 Å². The Morgan fingerprint density at radius 2 is 1.68 bits per heavy atom. The monoisotopic (exact) mass is 447 g/mol. The van der Waals surface area contributed by atoms with Gasteiger partial charge in [0, 0.05) is 16.9 Å². The smallest absolute Gasteiger partial charge is 0.322 e. The number of carbonyl (C=O) groups is 2. The van der Waals surface area contributed by atoms with Gasteiger partial charge in [0.25, 0.3) is 11.8 Å². The number of hydrogen-bond acceptors (Lipinski definition) is 3. The van der Waals surface area contributed by atoms with E-state index in [1.165, 1.54) is 24.3 Å². The number of nitrogens with zero attached hydrogens (tertiary/aromatic N) is 1. The molecule has 0 unspecified atom stereocenters. The molecule has 0 radical (unpaired) electrons. The van der Waals surface area contributed by atoms with Crippen LogP contribution in [0, 0.1) is 13.8 Å². The number of pyridine rings is 1. The van der Waals surface area contributed by atoms with Gasteiger partial charge in [0.15, 0.2) is 0 Å². The number of aryl methyl sites for hydroxylation is 2. The van der Waals surface area contributed by atoms with E-state index >= 15 is 0 Å². The molecule has 0 fully saturated rings. The van der Waals surface area contributed by atoms with Gasteiger partial charge in [0.1, 0.15) is 0 Å². The zero-order valence-electron chi connectivity index (χ0n) is 16.5. The molecule has 0 atom stereocenters. The van der Waals surface area contributed by atoms with Crippen LogP contribution >= 0.6 is 11.6 Å². The average molecular weight is 448 g/mol. The predicted molar refractivity (Wildman–Crippen MR) is 113 cm³/mol. The van der Waals surface area contributed by atoms with Gasteiger partial charge in [-0.05, 0) is 62.4 Å². The molecule has 0 aliphatic heterocycles. The van der Waals surface area contributed by atoms with Gasteiger partial charge in [-0.25, -0.2) is 0 Å². The molecular formula is C22H17ClF3N3O2. The van der Waals surface area contributed by atoms with Crippen LogP contribution in [-0.4, -0.2) is 16.8 Å². The van der Waals surface area contributed by atoms with Crippen LogP contribution in [0.5, 0.6) is 0 Å². The van der Waals surface area contributed by atoms with E-state index in [0.717, 1.165) is 23.9 Å². The van der Waals surface area contributed by atoms with Crippen molar-refractivity contribution in [3.8, 4) is 0 Å². The summed E-state index contributed by atoms with van der Waals surface area (Å²) < 4.78 is 38.6. The van der Waals surface area contributed by atoms with Crippen molar-refractivity contribution in [1.29, 1.82) is 0 Å². The molecule has 2 amide bonds. The number of carbonyl (C=O) groups excluding carboxylic acids is 2. The van der Waals surface area contributed by atoms with E-state index in [2.05, 4.69) is 15.6 Å². The van der Waals surface area contributed by atoms with Crippen molar-refractivity contribution in [2.45, 2.75) is 20.0 Å². The maximum atomic E-state index is 12.9. The molecule has 0 saturated heterocycles. The van der Waals surface area contributed by atoms with Crippen molar-refractivity contribution in [1.82, 2.24) is 4.98 Å². The van der Waals surface area contributed by atoms with Gasteiger partial charge in [-0.1, -0.05) is 17.7 Å². The van der Waals surface area contributed by atoms with Crippen LogP contribution in [0.15, 0.2) is 54.6 Å². The maximum Gasteiger partial charge on any atom is 0.416 e. The van der Waals surface area contributed by atoms with Crippen molar-refractivity contribution in [2.24, 2.45) is 0 Å². The van der Waals surface area contributed by atoms with Crippen LogP contribution in [0.4, 0.5) is 24.5 Å². The third-order valence-corrected chi connectivity index (χ3v) is 4.72. The van der Waals surface area contributed by atoms with Crippen LogP contribution in [0.25, 0.3) is 0 Å². The minimum absolute atomic E-state index is 0.0866. The highest BCUT2D eigenvalue weighted by Gasteiger charge is 2.30.